The maximum atomic E-state index is 12.2. The van der Waals surface area contributed by atoms with E-state index < -0.39 is 0 Å². The molecule has 5 nitrogen and oxygen atoms in total. The zero-order chi connectivity index (χ0) is 13.9. The molecule has 102 valence electrons. The van der Waals surface area contributed by atoms with Crippen LogP contribution in [0.1, 0.15) is 20.8 Å². The number of nitrogens with zero attached hydrogens (tertiary/aromatic N) is 2. The Morgan fingerprint density at radius 3 is 2.72 bits per heavy atom. The second-order valence-electron chi connectivity index (χ2n) is 5.34. The molecule has 0 aromatic heterocycles. The Balaban J connectivity index is 2.69. The number of hydrogen-bond acceptors (Lipinski definition) is 3. The van der Waals surface area contributed by atoms with E-state index in [1.54, 1.807) is 11.9 Å². The molecule has 1 unspecified atom stereocenters. The lowest BCUT2D eigenvalue weighted by Crippen LogP contribution is -2.59. The third-order valence-corrected chi connectivity index (χ3v) is 3.12. The van der Waals surface area contributed by atoms with Gasteiger partial charge in [-0.2, -0.15) is 0 Å². The van der Waals surface area contributed by atoms with Gasteiger partial charge in [-0.15, -0.1) is 0 Å². The van der Waals surface area contributed by atoms with E-state index in [4.69, 9.17) is 4.74 Å². The van der Waals surface area contributed by atoms with Crippen LogP contribution in [-0.2, 0) is 14.3 Å². The molecular weight excluding hydrogens is 232 g/mol. The van der Waals surface area contributed by atoms with Crippen molar-refractivity contribution in [3.8, 4) is 0 Å². The first-order valence-electron chi connectivity index (χ1n) is 6.07. The maximum Gasteiger partial charge on any atom is 0.246 e. The van der Waals surface area contributed by atoms with E-state index >= 15 is 0 Å². The predicted octanol–water partition coefficient (Wildman–Crippen LogP) is 0.657. The Labute approximate surface area is 108 Å². The van der Waals surface area contributed by atoms with E-state index in [0.29, 0.717) is 13.2 Å². The lowest BCUT2D eigenvalue weighted by Gasteiger charge is -2.45. The summed E-state index contributed by atoms with van der Waals surface area (Å²) in [7, 11) is 1.60. The fourth-order valence-corrected chi connectivity index (χ4v) is 1.94. The maximum absolute atomic E-state index is 12.2. The van der Waals surface area contributed by atoms with Gasteiger partial charge in [-0.1, -0.05) is 6.58 Å². The average Bonchev–Trinajstić information content (AvgIpc) is 2.30. The molecule has 0 radical (unpaired) electrons. The average molecular weight is 254 g/mol. The standard InChI is InChI=1S/C13H22N2O3/c1-6-11(16)14(5)8-12(17)15-7-10(2)18-9-13(15,3)4/h6,10H,1,7-9H2,2-5H3. The molecule has 1 aliphatic heterocycles. The number of amides is 2. The summed E-state index contributed by atoms with van der Waals surface area (Å²) in [6.07, 6.45) is 1.24. The normalized spacial score (nSPS) is 22.4. The number of ether oxygens (including phenoxy) is 1. The Morgan fingerprint density at radius 2 is 2.17 bits per heavy atom. The first-order valence-corrected chi connectivity index (χ1v) is 6.07. The van der Waals surface area contributed by atoms with Crippen LogP contribution in [-0.4, -0.2) is 60.0 Å². The number of carbonyl (C=O) groups is 2. The van der Waals surface area contributed by atoms with Crippen molar-refractivity contribution in [1.29, 1.82) is 0 Å². The zero-order valence-electron chi connectivity index (χ0n) is 11.6. The first-order chi connectivity index (χ1) is 8.27. The lowest BCUT2D eigenvalue weighted by molar-refractivity contribution is -0.155. The minimum absolute atomic E-state index is 0.0300. The quantitative estimate of drug-likeness (QED) is 0.695. The van der Waals surface area contributed by atoms with Crippen LogP contribution < -0.4 is 0 Å². The van der Waals surface area contributed by atoms with Gasteiger partial charge in [0.1, 0.15) is 0 Å². The Kier molecular flexibility index (Phi) is 4.51. The molecular formula is C13H22N2O3. The highest BCUT2D eigenvalue weighted by Crippen LogP contribution is 2.22. The SMILES string of the molecule is C=CC(=O)N(C)CC(=O)N1CC(C)OCC1(C)C. The first kappa shape index (κ1) is 14.7. The van der Waals surface area contributed by atoms with Gasteiger partial charge in [-0.25, -0.2) is 0 Å². The molecule has 1 fully saturated rings. The number of likely N-dealkylation sites (N-methyl/N-ethyl adjacent to an activating group) is 1. The summed E-state index contributed by atoms with van der Waals surface area (Å²) < 4.78 is 5.56. The third-order valence-electron chi connectivity index (χ3n) is 3.12. The van der Waals surface area contributed by atoms with Crippen LogP contribution in [0.4, 0.5) is 0 Å². The molecule has 0 bridgehead atoms. The summed E-state index contributed by atoms with van der Waals surface area (Å²) in [5, 5.41) is 0. The van der Waals surface area contributed by atoms with E-state index in [2.05, 4.69) is 6.58 Å². The van der Waals surface area contributed by atoms with E-state index in [9.17, 15) is 9.59 Å². The van der Waals surface area contributed by atoms with Crippen LogP contribution in [0.3, 0.4) is 0 Å². The van der Waals surface area contributed by atoms with Gasteiger partial charge in [0.05, 0.1) is 24.8 Å². The highest BCUT2D eigenvalue weighted by atomic mass is 16.5. The number of hydrogen-bond donors (Lipinski definition) is 0. The number of morpholine rings is 1. The second kappa shape index (κ2) is 5.52. The van der Waals surface area contributed by atoms with Crippen LogP contribution in [0.15, 0.2) is 12.7 Å². The smallest absolute Gasteiger partial charge is 0.246 e. The van der Waals surface area contributed by atoms with Crippen molar-refractivity contribution in [3.63, 3.8) is 0 Å². The van der Waals surface area contributed by atoms with Gasteiger partial charge in [0.2, 0.25) is 11.8 Å². The van der Waals surface area contributed by atoms with Crippen molar-refractivity contribution in [2.24, 2.45) is 0 Å². The molecule has 0 saturated carbocycles. The van der Waals surface area contributed by atoms with Crippen LogP contribution in [0.2, 0.25) is 0 Å². The van der Waals surface area contributed by atoms with Gasteiger partial charge in [-0.3, -0.25) is 9.59 Å². The highest BCUT2D eigenvalue weighted by molar-refractivity contribution is 5.90. The number of carbonyl (C=O) groups excluding carboxylic acids is 2. The molecule has 0 aliphatic carbocycles. The monoisotopic (exact) mass is 254 g/mol. The van der Waals surface area contributed by atoms with Crippen LogP contribution in [0.25, 0.3) is 0 Å². The summed E-state index contributed by atoms with van der Waals surface area (Å²) in [5.74, 6) is -0.310. The van der Waals surface area contributed by atoms with Crippen LogP contribution >= 0.6 is 0 Å². The van der Waals surface area contributed by atoms with E-state index in [-0.39, 0.29) is 30.0 Å². The van der Waals surface area contributed by atoms with Crippen molar-refractivity contribution < 1.29 is 14.3 Å². The van der Waals surface area contributed by atoms with Gasteiger partial charge < -0.3 is 14.5 Å². The molecule has 1 atom stereocenters. The molecule has 2 amide bonds. The third kappa shape index (κ3) is 3.32. The summed E-state index contributed by atoms with van der Waals surface area (Å²) in [6.45, 7) is 10.4. The molecule has 0 aromatic carbocycles. The molecule has 18 heavy (non-hydrogen) atoms. The summed E-state index contributed by atoms with van der Waals surface area (Å²) in [5.41, 5.74) is -0.332. The predicted molar refractivity (Wildman–Crippen MR) is 69.0 cm³/mol. The Morgan fingerprint density at radius 1 is 1.56 bits per heavy atom. The summed E-state index contributed by atoms with van der Waals surface area (Å²) in [4.78, 5) is 26.8. The fraction of sp³-hybridized carbons (Fsp3) is 0.692. The Bertz CT molecular complexity index is 352. The second-order valence-corrected chi connectivity index (χ2v) is 5.34. The molecule has 1 heterocycles. The van der Waals surface area contributed by atoms with Crippen LogP contribution in [0.5, 0.6) is 0 Å². The van der Waals surface area contributed by atoms with E-state index in [1.165, 1.54) is 11.0 Å². The van der Waals surface area contributed by atoms with Crippen LogP contribution in [0, 0.1) is 0 Å². The lowest BCUT2D eigenvalue weighted by atomic mass is 10.0. The number of rotatable bonds is 3. The molecule has 0 N–H and O–H groups in total. The largest absolute Gasteiger partial charge is 0.374 e. The summed E-state index contributed by atoms with van der Waals surface area (Å²) in [6, 6.07) is 0. The topological polar surface area (TPSA) is 49.9 Å². The Hall–Kier alpha value is -1.36. The van der Waals surface area contributed by atoms with Crippen molar-refractivity contribution in [2.45, 2.75) is 32.4 Å². The van der Waals surface area contributed by atoms with E-state index in [1.807, 2.05) is 20.8 Å². The fourth-order valence-electron chi connectivity index (χ4n) is 1.94. The zero-order valence-corrected chi connectivity index (χ0v) is 11.6. The van der Waals surface area contributed by atoms with Gasteiger partial charge in [0.15, 0.2) is 0 Å². The molecule has 1 saturated heterocycles. The molecule has 5 heteroatoms. The van der Waals surface area contributed by atoms with Crippen molar-refractivity contribution >= 4 is 11.8 Å². The van der Waals surface area contributed by atoms with Gasteiger partial charge >= 0.3 is 0 Å². The molecule has 1 aliphatic rings. The summed E-state index contributed by atoms with van der Waals surface area (Å²) >= 11 is 0. The van der Waals surface area contributed by atoms with Crippen molar-refractivity contribution in [3.05, 3.63) is 12.7 Å². The van der Waals surface area contributed by atoms with E-state index in [0.717, 1.165) is 0 Å². The molecule has 0 spiro atoms. The molecule has 1 rings (SSSR count). The van der Waals surface area contributed by atoms with Gasteiger partial charge in [0.25, 0.3) is 0 Å². The minimum Gasteiger partial charge on any atom is -0.374 e. The van der Waals surface area contributed by atoms with Crippen molar-refractivity contribution in [1.82, 2.24) is 9.80 Å². The van der Waals surface area contributed by atoms with Crippen molar-refractivity contribution in [2.75, 3.05) is 26.7 Å². The van der Waals surface area contributed by atoms with Gasteiger partial charge in [-0.05, 0) is 26.8 Å². The van der Waals surface area contributed by atoms with Gasteiger partial charge in [0, 0.05) is 13.6 Å². The highest BCUT2D eigenvalue weighted by Gasteiger charge is 2.36. The minimum atomic E-state index is -0.332. The molecule has 0 aromatic rings.